The number of carbonyl (C=O) groups excluding carboxylic acids is 2. The summed E-state index contributed by atoms with van der Waals surface area (Å²) in [6, 6.07) is 23.5. The van der Waals surface area contributed by atoms with Crippen LogP contribution in [0.3, 0.4) is 0 Å². The summed E-state index contributed by atoms with van der Waals surface area (Å²) in [5.74, 6) is -4.82. The molecule has 4 atom stereocenters. The van der Waals surface area contributed by atoms with Gasteiger partial charge in [0.25, 0.3) is 0 Å². The molecule has 0 amide bonds. The van der Waals surface area contributed by atoms with E-state index in [9.17, 15) is 29.4 Å². The molecule has 3 aromatic rings. The van der Waals surface area contributed by atoms with E-state index in [1.807, 2.05) is 0 Å². The molecule has 0 radical (unpaired) electrons. The van der Waals surface area contributed by atoms with Crippen molar-refractivity contribution in [2.45, 2.75) is 52.0 Å². The number of hydrogen-bond acceptors (Lipinski definition) is 8. The number of likely N-dealkylation sites (N-methyl/N-ethyl adjacent to an activating group) is 1. The molecule has 0 saturated carbocycles. The van der Waals surface area contributed by atoms with Gasteiger partial charge in [-0.25, -0.2) is 19.2 Å². The minimum Gasteiger partial charge on any atom is -0.478 e. The molecule has 0 aliphatic carbocycles. The fourth-order valence-corrected chi connectivity index (χ4v) is 4.73. The predicted octanol–water partition coefficient (Wildman–Crippen LogP) is 4.34. The van der Waals surface area contributed by atoms with E-state index in [1.165, 1.54) is 49.3 Å². The summed E-state index contributed by atoms with van der Waals surface area (Å²) in [7, 11) is 2.08. The Kier molecular flexibility index (Phi) is 12.6. The van der Waals surface area contributed by atoms with E-state index in [2.05, 4.69) is 54.5 Å². The van der Waals surface area contributed by atoms with Gasteiger partial charge >= 0.3 is 23.9 Å². The lowest BCUT2D eigenvalue weighted by Crippen LogP contribution is -2.48. The normalized spacial score (nSPS) is 17.7. The van der Waals surface area contributed by atoms with Crippen LogP contribution in [-0.4, -0.2) is 77.4 Å². The third kappa shape index (κ3) is 10.0. The monoisotopic (exact) mass is 604 g/mol. The van der Waals surface area contributed by atoms with Crippen molar-refractivity contribution in [2.24, 2.45) is 5.92 Å². The maximum Gasteiger partial charge on any atom is 0.349 e. The number of carboxylic acids is 2. The Balaban J connectivity index is 0.000000278. The van der Waals surface area contributed by atoms with Gasteiger partial charge in [0.2, 0.25) is 12.2 Å². The number of aliphatic carboxylic acids is 2. The van der Waals surface area contributed by atoms with Crippen molar-refractivity contribution in [3.63, 3.8) is 0 Å². The van der Waals surface area contributed by atoms with Crippen molar-refractivity contribution in [2.75, 3.05) is 20.1 Å². The van der Waals surface area contributed by atoms with Crippen LogP contribution in [0.15, 0.2) is 78.9 Å². The van der Waals surface area contributed by atoms with E-state index < -0.39 is 36.1 Å². The summed E-state index contributed by atoms with van der Waals surface area (Å²) in [6.07, 6.45) is -3.14. The molecule has 10 heteroatoms. The highest BCUT2D eigenvalue weighted by molar-refractivity contribution is 5.95. The summed E-state index contributed by atoms with van der Waals surface area (Å²) in [6.45, 7) is 9.42. The van der Waals surface area contributed by atoms with Crippen molar-refractivity contribution in [3.8, 4) is 0 Å². The van der Waals surface area contributed by atoms with Gasteiger partial charge in [0.05, 0.1) is 11.1 Å². The zero-order chi connectivity index (χ0) is 32.2. The number of nitrogens with zero attached hydrogens (tertiary/aromatic N) is 1. The van der Waals surface area contributed by atoms with Gasteiger partial charge in [-0.1, -0.05) is 72.6 Å². The Bertz CT molecular complexity index is 1320. The molecule has 44 heavy (non-hydrogen) atoms. The van der Waals surface area contributed by atoms with E-state index in [-0.39, 0.29) is 11.1 Å². The number of carbonyl (C=O) groups is 4. The number of aryl methyl sites for hydroxylation is 2. The SMILES string of the molecule is CN[C@H]1CN(Cc2ccccc2)CC[C@H]1C.Cc1ccc(C(=O)O[C@@H](C(=O)O)[C@@H](OC(=O)c2ccc(C)cc2)C(=O)O)cc1. The summed E-state index contributed by atoms with van der Waals surface area (Å²) < 4.78 is 9.64. The number of hydrogen-bond donors (Lipinski definition) is 3. The minimum atomic E-state index is -2.22. The standard InChI is InChI=1S/C20H18O8.C14H22N2/c1-11-3-7-13(8-4-11)19(25)27-15(17(21)22)16(18(23)24)28-20(26)14-9-5-12(2)6-10-14;1-12-8-9-16(11-14(12)15-2)10-13-6-4-3-5-7-13/h3-10,15-16H,1-2H3,(H,21,22)(H,23,24);3-7,12,14-15H,8-11H2,1-2H3/t15-,16-;12-,14+/m11/s1. The van der Waals surface area contributed by atoms with Crippen LogP contribution in [0.5, 0.6) is 0 Å². The molecule has 0 aromatic heterocycles. The molecular formula is C34H40N2O8. The van der Waals surface area contributed by atoms with Gasteiger partial charge in [-0.2, -0.15) is 0 Å². The second-order valence-electron chi connectivity index (χ2n) is 10.9. The second kappa shape index (κ2) is 16.3. The average molecular weight is 605 g/mol. The van der Waals surface area contributed by atoms with Crippen LogP contribution in [0, 0.1) is 19.8 Å². The molecular weight excluding hydrogens is 564 g/mol. The van der Waals surface area contributed by atoms with Crippen molar-refractivity contribution in [1.82, 2.24) is 10.2 Å². The van der Waals surface area contributed by atoms with Crippen molar-refractivity contribution >= 4 is 23.9 Å². The van der Waals surface area contributed by atoms with Gasteiger partial charge < -0.3 is 25.0 Å². The highest BCUT2D eigenvalue weighted by atomic mass is 16.6. The van der Waals surface area contributed by atoms with Gasteiger partial charge in [-0.15, -0.1) is 0 Å². The van der Waals surface area contributed by atoms with Crippen LogP contribution >= 0.6 is 0 Å². The van der Waals surface area contributed by atoms with E-state index in [1.54, 1.807) is 38.1 Å². The summed E-state index contributed by atoms with van der Waals surface area (Å²) in [5, 5.41) is 22.1. The van der Waals surface area contributed by atoms with Crippen LogP contribution in [0.25, 0.3) is 0 Å². The van der Waals surface area contributed by atoms with Crippen LogP contribution in [0.4, 0.5) is 0 Å². The molecule has 1 fully saturated rings. The van der Waals surface area contributed by atoms with Crippen LogP contribution in [0.1, 0.15) is 50.8 Å². The van der Waals surface area contributed by atoms with Crippen molar-refractivity contribution < 1.29 is 38.9 Å². The van der Waals surface area contributed by atoms with E-state index in [0.717, 1.165) is 23.6 Å². The maximum atomic E-state index is 12.2. The Hall–Kier alpha value is -4.54. The van der Waals surface area contributed by atoms with Gasteiger partial charge in [0, 0.05) is 19.1 Å². The highest BCUT2D eigenvalue weighted by Gasteiger charge is 2.41. The molecule has 234 valence electrons. The van der Waals surface area contributed by atoms with E-state index in [0.29, 0.717) is 6.04 Å². The Morgan fingerprint density at radius 1 is 0.795 bits per heavy atom. The second-order valence-corrected chi connectivity index (χ2v) is 10.9. The van der Waals surface area contributed by atoms with Gasteiger partial charge in [-0.05, 0) is 69.6 Å². The lowest BCUT2D eigenvalue weighted by Gasteiger charge is -2.37. The van der Waals surface area contributed by atoms with Crippen LogP contribution in [-0.2, 0) is 25.6 Å². The first kappa shape index (κ1) is 34.0. The average Bonchev–Trinajstić information content (AvgIpc) is 3.01. The molecule has 0 bridgehead atoms. The zero-order valence-electron chi connectivity index (χ0n) is 25.4. The summed E-state index contributed by atoms with van der Waals surface area (Å²) in [4.78, 5) is 49.9. The molecule has 10 nitrogen and oxygen atoms in total. The number of benzene rings is 3. The third-order valence-electron chi connectivity index (χ3n) is 7.47. The Morgan fingerprint density at radius 2 is 1.25 bits per heavy atom. The Morgan fingerprint density at radius 3 is 1.66 bits per heavy atom. The maximum absolute atomic E-state index is 12.2. The lowest BCUT2D eigenvalue weighted by atomic mass is 9.93. The minimum absolute atomic E-state index is 0.0332. The zero-order valence-corrected chi connectivity index (χ0v) is 25.4. The third-order valence-corrected chi connectivity index (χ3v) is 7.47. The first-order chi connectivity index (χ1) is 21.0. The number of esters is 2. The number of ether oxygens (including phenoxy) is 2. The lowest BCUT2D eigenvalue weighted by molar-refractivity contribution is -0.166. The highest BCUT2D eigenvalue weighted by Crippen LogP contribution is 2.19. The number of likely N-dealkylation sites (tertiary alicyclic amines) is 1. The van der Waals surface area contributed by atoms with Gasteiger partial charge in [0.1, 0.15) is 0 Å². The van der Waals surface area contributed by atoms with Crippen molar-refractivity contribution in [1.29, 1.82) is 0 Å². The molecule has 3 N–H and O–H groups in total. The quantitative estimate of drug-likeness (QED) is 0.286. The Labute approximate surface area is 257 Å². The molecule has 3 aromatic carbocycles. The van der Waals surface area contributed by atoms with Gasteiger partial charge in [0.15, 0.2) is 0 Å². The smallest absolute Gasteiger partial charge is 0.349 e. The number of carboxylic acid groups (broad SMARTS) is 2. The first-order valence-corrected chi connectivity index (χ1v) is 14.4. The molecule has 0 unspecified atom stereocenters. The van der Waals surface area contributed by atoms with Crippen LogP contribution in [0.2, 0.25) is 0 Å². The number of piperidine rings is 1. The number of rotatable bonds is 10. The molecule has 1 aliphatic rings. The fourth-order valence-electron chi connectivity index (χ4n) is 4.73. The molecule has 1 heterocycles. The largest absolute Gasteiger partial charge is 0.478 e. The number of nitrogens with one attached hydrogen (secondary N) is 1. The molecule has 1 saturated heterocycles. The molecule has 4 rings (SSSR count). The van der Waals surface area contributed by atoms with Crippen molar-refractivity contribution in [3.05, 3.63) is 107 Å². The molecule has 0 spiro atoms. The summed E-state index contributed by atoms with van der Waals surface area (Å²) in [5.41, 5.74) is 3.21. The summed E-state index contributed by atoms with van der Waals surface area (Å²) >= 11 is 0. The molecule has 1 aliphatic heterocycles. The predicted molar refractivity (Wildman–Crippen MR) is 164 cm³/mol. The first-order valence-electron chi connectivity index (χ1n) is 14.4. The van der Waals surface area contributed by atoms with Crippen LogP contribution < -0.4 is 5.32 Å². The fraction of sp³-hybridized carbons (Fsp3) is 0.353. The van der Waals surface area contributed by atoms with E-state index >= 15 is 0 Å². The topological polar surface area (TPSA) is 142 Å². The van der Waals surface area contributed by atoms with E-state index in [4.69, 9.17) is 9.47 Å². The van der Waals surface area contributed by atoms with Gasteiger partial charge in [-0.3, -0.25) is 4.90 Å².